The Labute approximate surface area is 112 Å². The third kappa shape index (κ3) is 2.58. The smallest absolute Gasteiger partial charge is 0.244 e. The third-order valence-electron chi connectivity index (χ3n) is 3.04. The maximum atomic E-state index is 12.0. The second-order valence-electron chi connectivity index (χ2n) is 4.46. The molecule has 2 aromatic carbocycles. The first-order valence-electron chi connectivity index (χ1n) is 6.29. The van der Waals surface area contributed by atoms with Crippen LogP contribution in [0.5, 0.6) is 0 Å². The summed E-state index contributed by atoms with van der Waals surface area (Å²) in [5, 5.41) is 4.90. The molecule has 0 saturated carbocycles. The van der Waals surface area contributed by atoms with Gasteiger partial charge in [-0.25, -0.2) is 10.4 Å². The lowest BCUT2D eigenvalue weighted by Crippen LogP contribution is -2.40. The predicted octanol–water partition coefficient (Wildman–Crippen LogP) is 2.37. The normalized spacial score (nSPS) is 18.6. The minimum atomic E-state index is -0.0740. The van der Waals surface area contributed by atoms with Crippen molar-refractivity contribution in [3.63, 3.8) is 0 Å². The molecule has 96 valence electrons. The lowest BCUT2D eigenvalue weighted by molar-refractivity contribution is -0.117. The van der Waals surface area contributed by atoms with E-state index in [4.69, 9.17) is 0 Å². The van der Waals surface area contributed by atoms with Crippen molar-refractivity contribution < 1.29 is 4.79 Å². The molecule has 4 heteroatoms. The highest BCUT2D eigenvalue weighted by Crippen LogP contribution is 2.19. The molecule has 19 heavy (non-hydrogen) atoms. The Bertz CT molecular complexity index is 556. The Morgan fingerprint density at radius 3 is 2.32 bits per heavy atom. The molecule has 0 bridgehead atoms. The van der Waals surface area contributed by atoms with Gasteiger partial charge in [0.05, 0.1) is 12.1 Å². The first kappa shape index (κ1) is 11.7. The van der Waals surface area contributed by atoms with Crippen molar-refractivity contribution in [2.45, 2.75) is 12.6 Å². The molecule has 2 aromatic rings. The maximum absolute atomic E-state index is 12.0. The fourth-order valence-electron chi connectivity index (χ4n) is 2.15. The van der Waals surface area contributed by atoms with Crippen LogP contribution in [0.2, 0.25) is 0 Å². The highest BCUT2D eigenvalue weighted by atomic mass is 16.2. The summed E-state index contributed by atoms with van der Waals surface area (Å²) in [6.45, 7) is 0. The van der Waals surface area contributed by atoms with Gasteiger partial charge in [-0.2, -0.15) is 0 Å². The van der Waals surface area contributed by atoms with E-state index in [1.54, 1.807) is 5.01 Å². The lowest BCUT2D eigenvalue weighted by atomic mass is 10.3. The Kier molecular flexibility index (Phi) is 3.16. The summed E-state index contributed by atoms with van der Waals surface area (Å²) < 4.78 is 0. The number of nitrogens with zero attached hydrogens (tertiary/aromatic N) is 1. The minimum absolute atomic E-state index is 0.0691. The second-order valence-corrected chi connectivity index (χ2v) is 4.46. The number of hydrazine groups is 1. The maximum Gasteiger partial charge on any atom is 0.244 e. The molecule has 1 aliphatic rings. The topological polar surface area (TPSA) is 44.4 Å². The van der Waals surface area contributed by atoms with Gasteiger partial charge in [-0.15, -0.1) is 0 Å². The third-order valence-corrected chi connectivity index (χ3v) is 3.04. The van der Waals surface area contributed by atoms with E-state index in [-0.39, 0.29) is 12.1 Å². The van der Waals surface area contributed by atoms with E-state index < -0.39 is 0 Å². The van der Waals surface area contributed by atoms with Gasteiger partial charge in [0, 0.05) is 5.69 Å². The van der Waals surface area contributed by atoms with Crippen molar-refractivity contribution in [1.29, 1.82) is 0 Å². The average molecular weight is 253 g/mol. The number of para-hydroxylation sites is 2. The van der Waals surface area contributed by atoms with Crippen LogP contribution < -0.4 is 15.8 Å². The summed E-state index contributed by atoms with van der Waals surface area (Å²) in [7, 11) is 0. The first-order chi connectivity index (χ1) is 9.33. The molecule has 0 aromatic heterocycles. The largest absolute Gasteiger partial charge is 0.368 e. The molecular formula is C15H15N3O. The van der Waals surface area contributed by atoms with Crippen LogP contribution in [-0.2, 0) is 4.79 Å². The average Bonchev–Trinajstić information content (AvgIpc) is 2.82. The number of carbonyl (C=O) groups excluding carboxylic acids is 1. The monoisotopic (exact) mass is 253 g/mol. The molecule has 1 unspecified atom stereocenters. The number of hydrogen-bond donors (Lipinski definition) is 2. The summed E-state index contributed by atoms with van der Waals surface area (Å²) in [6, 6.07) is 19.5. The van der Waals surface area contributed by atoms with Crippen molar-refractivity contribution in [3.8, 4) is 0 Å². The molecule has 1 fully saturated rings. The van der Waals surface area contributed by atoms with E-state index in [1.807, 2.05) is 60.7 Å². The predicted molar refractivity (Wildman–Crippen MR) is 75.5 cm³/mol. The number of amides is 1. The standard InChI is InChI=1S/C15H15N3O/c19-15-11-14(16-12-7-3-1-4-8-12)17-18(15)13-9-5-2-6-10-13/h1-10,14,16-17H,11H2. The molecular weight excluding hydrogens is 238 g/mol. The summed E-state index contributed by atoms with van der Waals surface area (Å²) in [6.07, 6.45) is 0.360. The highest BCUT2D eigenvalue weighted by Gasteiger charge is 2.29. The van der Waals surface area contributed by atoms with Gasteiger partial charge in [-0.05, 0) is 24.3 Å². The van der Waals surface area contributed by atoms with E-state index in [9.17, 15) is 4.79 Å². The number of anilines is 2. The zero-order valence-corrected chi connectivity index (χ0v) is 10.4. The second kappa shape index (κ2) is 5.12. The molecule has 4 nitrogen and oxygen atoms in total. The Balaban J connectivity index is 1.70. The Morgan fingerprint density at radius 2 is 1.63 bits per heavy atom. The van der Waals surface area contributed by atoms with Crippen molar-refractivity contribution in [3.05, 3.63) is 60.7 Å². The van der Waals surface area contributed by atoms with Crippen LogP contribution in [0.3, 0.4) is 0 Å². The molecule has 0 radical (unpaired) electrons. The molecule has 1 amide bonds. The van der Waals surface area contributed by atoms with Crippen LogP contribution >= 0.6 is 0 Å². The van der Waals surface area contributed by atoms with E-state index in [1.165, 1.54) is 0 Å². The van der Waals surface area contributed by atoms with Crippen LogP contribution in [0.15, 0.2) is 60.7 Å². The van der Waals surface area contributed by atoms with Crippen LogP contribution in [0.4, 0.5) is 11.4 Å². The van der Waals surface area contributed by atoms with Crippen molar-refractivity contribution in [2.75, 3.05) is 10.3 Å². The number of nitrogens with one attached hydrogen (secondary N) is 2. The summed E-state index contributed by atoms with van der Waals surface area (Å²) in [5.74, 6) is 0.0691. The molecule has 3 rings (SSSR count). The lowest BCUT2D eigenvalue weighted by Gasteiger charge is -2.19. The molecule has 1 saturated heterocycles. The van der Waals surface area contributed by atoms with E-state index in [2.05, 4.69) is 10.7 Å². The van der Waals surface area contributed by atoms with E-state index in [0.29, 0.717) is 6.42 Å². The van der Waals surface area contributed by atoms with E-state index >= 15 is 0 Å². The van der Waals surface area contributed by atoms with Crippen molar-refractivity contribution >= 4 is 17.3 Å². The van der Waals surface area contributed by atoms with Crippen molar-refractivity contribution in [1.82, 2.24) is 5.43 Å². The number of hydrogen-bond acceptors (Lipinski definition) is 3. The molecule has 2 N–H and O–H groups in total. The molecule has 1 heterocycles. The van der Waals surface area contributed by atoms with Gasteiger partial charge in [-0.3, -0.25) is 4.79 Å². The van der Waals surface area contributed by atoms with Crippen LogP contribution in [0.1, 0.15) is 6.42 Å². The summed E-state index contributed by atoms with van der Waals surface area (Å²) in [4.78, 5) is 12.0. The fourth-order valence-corrected chi connectivity index (χ4v) is 2.15. The van der Waals surface area contributed by atoms with Crippen molar-refractivity contribution in [2.24, 2.45) is 0 Å². The fraction of sp³-hybridized carbons (Fsp3) is 0.133. The number of carbonyl (C=O) groups is 1. The van der Waals surface area contributed by atoms with Crippen LogP contribution in [-0.4, -0.2) is 12.1 Å². The van der Waals surface area contributed by atoms with Crippen LogP contribution in [0, 0.1) is 0 Å². The van der Waals surface area contributed by atoms with Gasteiger partial charge in [0.2, 0.25) is 5.91 Å². The Morgan fingerprint density at radius 1 is 1.00 bits per heavy atom. The number of rotatable bonds is 3. The molecule has 1 atom stereocenters. The summed E-state index contributed by atoms with van der Waals surface area (Å²) >= 11 is 0. The summed E-state index contributed by atoms with van der Waals surface area (Å²) in [5.41, 5.74) is 5.05. The van der Waals surface area contributed by atoms with Gasteiger partial charge >= 0.3 is 0 Å². The zero-order chi connectivity index (χ0) is 13.1. The first-order valence-corrected chi connectivity index (χ1v) is 6.29. The highest BCUT2D eigenvalue weighted by molar-refractivity contribution is 5.95. The number of benzene rings is 2. The van der Waals surface area contributed by atoms with Gasteiger partial charge in [0.1, 0.15) is 6.17 Å². The van der Waals surface area contributed by atoms with E-state index in [0.717, 1.165) is 11.4 Å². The molecule has 1 aliphatic heterocycles. The SMILES string of the molecule is O=C1CC(Nc2ccccc2)NN1c1ccccc1. The molecule has 0 spiro atoms. The van der Waals surface area contributed by atoms with Gasteiger partial charge < -0.3 is 5.32 Å². The van der Waals surface area contributed by atoms with Crippen LogP contribution in [0.25, 0.3) is 0 Å². The minimum Gasteiger partial charge on any atom is -0.368 e. The Hall–Kier alpha value is -2.33. The van der Waals surface area contributed by atoms with Gasteiger partial charge in [0.15, 0.2) is 0 Å². The van der Waals surface area contributed by atoms with Gasteiger partial charge in [0.25, 0.3) is 0 Å². The molecule has 0 aliphatic carbocycles. The van der Waals surface area contributed by atoms with Gasteiger partial charge in [-0.1, -0.05) is 36.4 Å². The quantitative estimate of drug-likeness (QED) is 0.882. The zero-order valence-electron chi connectivity index (χ0n) is 10.4.